The molecule has 1 aliphatic heterocycles. The Morgan fingerprint density at radius 2 is 2.17 bits per heavy atom. The highest BCUT2D eigenvalue weighted by molar-refractivity contribution is 6.00. The third-order valence-corrected chi connectivity index (χ3v) is 6.08. The molecule has 3 N–H and O–H groups in total. The molecule has 0 bridgehead atoms. The van der Waals surface area contributed by atoms with Crippen LogP contribution in [0, 0.1) is 17.7 Å². The molecule has 1 aliphatic rings. The van der Waals surface area contributed by atoms with Crippen LogP contribution in [0.4, 0.5) is 10.2 Å². The van der Waals surface area contributed by atoms with Crippen molar-refractivity contribution >= 4 is 28.7 Å². The van der Waals surface area contributed by atoms with E-state index in [1.807, 2.05) is 0 Å². The number of nitrogens with one attached hydrogen (secondary N) is 1. The van der Waals surface area contributed by atoms with Crippen LogP contribution < -0.4 is 11.1 Å². The number of aryl methyl sites for hydroxylation is 1. The second-order valence-electron chi connectivity index (χ2n) is 8.22. The summed E-state index contributed by atoms with van der Waals surface area (Å²) in [7, 11) is 4.90. The van der Waals surface area contributed by atoms with E-state index < -0.39 is 11.7 Å². The molecular weight excluding hydrogens is 453 g/mol. The van der Waals surface area contributed by atoms with Gasteiger partial charge in [-0.1, -0.05) is 12.5 Å². The van der Waals surface area contributed by atoms with Crippen LogP contribution in [0.15, 0.2) is 31.1 Å². The molecule has 2 atom stereocenters. The van der Waals surface area contributed by atoms with Crippen molar-refractivity contribution in [2.24, 2.45) is 12.8 Å². The first kappa shape index (κ1) is 24.0. The van der Waals surface area contributed by atoms with Crippen LogP contribution in [0.25, 0.3) is 11.0 Å². The monoisotopic (exact) mass is 479 g/mol. The zero-order chi connectivity index (χ0) is 25.3. The number of fused-ring (bicyclic) bond motifs is 1. The quantitative estimate of drug-likeness (QED) is 0.408. The number of carbonyl (C=O) groups is 2. The number of rotatable bonds is 6. The smallest absolute Gasteiger partial charge is 0.255 e. The minimum Gasteiger partial charge on any atom is -0.383 e. The maximum Gasteiger partial charge on any atom is 0.255 e. The molecule has 0 aliphatic carbocycles. The Kier molecular flexibility index (Phi) is 6.57. The number of nitrogens with two attached hydrogens (primary N) is 1. The number of likely N-dealkylation sites (tertiary alicyclic amines) is 1. The minimum atomic E-state index is -0.724. The Hall–Kier alpha value is -4.17. The molecule has 35 heavy (non-hydrogen) atoms. The molecule has 2 amide bonds. The molecule has 4 rings (SSSR count). The highest BCUT2D eigenvalue weighted by Crippen LogP contribution is 2.32. The first-order valence-electron chi connectivity index (χ1n) is 10.9. The van der Waals surface area contributed by atoms with Crippen molar-refractivity contribution in [2.45, 2.75) is 18.5 Å². The van der Waals surface area contributed by atoms with Gasteiger partial charge in [-0.25, -0.2) is 14.1 Å². The summed E-state index contributed by atoms with van der Waals surface area (Å²) in [5.41, 5.74) is 6.86. The van der Waals surface area contributed by atoms with E-state index in [1.165, 1.54) is 18.5 Å². The van der Waals surface area contributed by atoms with E-state index >= 15 is 4.39 Å². The largest absolute Gasteiger partial charge is 0.383 e. The van der Waals surface area contributed by atoms with Gasteiger partial charge in [0.25, 0.3) is 5.91 Å². The summed E-state index contributed by atoms with van der Waals surface area (Å²) in [4.78, 5) is 30.5. The third kappa shape index (κ3) is 4.24. The normalized spacial score (nSPS) is 17.3. The van der Waals surface area contributed by atoms with E-state index in [0.717, 1.165) is 0 Å². The van der Waals surface area contributed by atoms with Gasteiger partial charge in [0.1, 0.15) is 16.9 Å². The molecule has 0 radical (unpaired) electrons. The fourth-order valence-electron chi connectivity index (χ4n) is 4.49. The number of imidazole rings is 1. The Morgan fingerprint density at radius 1 is 1.40 bits per heavy atom. The highest BCUT2D eigenvalue weighted by atomic mass is 19.1. The molecule has 0 saturated carbocycles. The van der Waals surface area contributed by atoms with Crippen LogP contribution in [0.3, 0.4) is 0 Å². The summed E-state index contributed by atoms with van der Waals surface area (Å²) >= 11 is 0. The molecule has 1 unspecified atom stereocenters. The maximum atomic E-state index is 15.0. The highest BCUT2D eigenvalue weighted by Gasteiger charge is 2.37. The van der Waals surface area contributed by atoms with E-state index in [-0.39, 0.29) is 34.8 Å². The van der Waals surface area contributed by atoms with Crippen molar-refractivity contribution in [2.75, 3.05) is 32.6 Å². The number of carbonyl (C=O) groups excluding carboxylic acids is 2. The van der Waals surface area contributed by atoms with Crippen LogP contribution >= 0.6 is 0 Å². The molecule has 2 aromatic heterocycles. The summed E-state index contributed by atoms with van der Waals surface area (Å²) in [6, 6.07) is 2.76. The predicted octanol–water partition coefficient (Wildman–Crippen LogP) is 1.42. The van der Waals surface area contributed by atoms with Gasteiger partial charge in [-0.15, -0.1) is 0 Å². The lowest BCUT2D eigenvalue weighted by molar-refractivity contribution is -0.127. The molecule has 11 heteroatoms. The number of primary amides is 1. The molecule has 182 valence electrons. The average molecular weight is 480 g/mol. The van der Waals surface area contributed by atoms with E-state index in [9.17, 15) is 9.59 Å². The topological polar surface area (TPSA) is 120 Å². The van der Waals surface area contributed by atoms with E-state index in [4.69, 9.17) is 10.5 Å². The second-order valence-corrected chi connectivity index (χ2v) is 8.22. The lowest BCUT2D eigenvalue weighted by Crippen LogP contribution is -2.37. The number of benzene rings is 1. The summed E-state index contributed by atoms with van der Waals surface area (Å²) in [6.45, 7) is 4.26. The molecule has 1 saturated heterocycles. The number of nitrogens with zero attached hydrogens (tertiary/aromatic N) is 5. The second kappa shape index (κ2) is 9.60. The van der Waals surface area contributed by atoms with Crippen molar-refractivity contribution in [1.82, 2.24) is 24.2 Å². The summed E-state index contributed by atoms with van der Waals surface area (Å²) in [6.07, 6.45) is 3.32. The van der Waals surface area contributed by atoms with Crippen molar-refractivity contribution in [3.05, 3.63) is 53.8 Å². The van der Waals surface area contributed by atoms with E-state index in [0.29, 0.717) is 36.4 Å². The Bertz CT molecular complexity index is 1380. The fraction of sp³-hybridized carbons (Fsp3) is 0.333. The summed E-state index contributed by atoms with van der Waals surface area (Å²) in [5, 5.41) is 7.52. The van der Waals surface area contributed by atoms with E-state index in [2.05, 4.69) is 33.8 Å². The lowest BCUT2D eigenvalue weighted by atomic mass is 10.1. The predicted molar refractivity (Wildman–Crippen MR) is 128 cm³/mol. The Balaban J connectivity index is 1.76. The van der Waals surface area contributed by atoms with Gasteiger partial charge in [0, 0.05) is 27.7 Å². The van der Waals surface area contributed by atoms with Gasteiger partial charge in [0.2, 0.25) is 5.91 Å². The molecule has 1 aromatic carbocycles. The summed E-state index contributed by atoms with van der Waals surface area (Å²) < 4.78 is 23.5. The lowest BCUT2D eigenvalue weighted by Gasteiger charge is -2.22. The molecular formula is C24H26FN7O3. The SMILES string of the molecule is C=CC(=O)N1CC(n2nc(C#Cc3ccc4ncn(C)c4c3F)c(C(N)=O)c2NC)C[C@@H]1COC. The number of ether oxygens (including phenoxy) is 1. The van der Waals surface area contributed by atoms with Crippen molar-refractivity contribution in [3.8, 4) is 11.8 Å². The first-order chi connectivity index (χ1) is 16.8. The third-order valence-electron chi connectivity index (χ3n) is 6.08. The molecule has 3 aromatic rings. The van der Waals surface area contributed by atoms with Crippen LogP contribution in [-0.4, -0.2) is 69.4 Å². The molecule has 1 fully saturated rings. The van der Waals surface area contributed by atoms with Crippen molar-refractivity contribution in [3.63, 3.8) is 0 Å². The van der Waals surface area contributed by atoms with Gasteiger partial charge in [-0.3, -0.25) is 9.59 Å². The van der Waals surface area contributed by atoms with Gasteiger partial charge in [0.15, 0.2) is 11.5 Å². The van der Waals surface area contributed by atoms with Crippen LogP contribution in [0.1, 0.15) is 34.1 Å². The number of aromatic nitrogens is 4. The number of hydrogen-bond acceptors (Lipinski definition) is 6. The van der Waals surface area contributed by atoms with Gasteiger partial charge in [-0.05, 0) is 30.6 Å². The zero-order valence-electron chi connectivity index (χ0n) is 19.7. The summed E-state index contributed by atoms with van der Waals surface area (Å²) in [5.74, 6) is 4.51. The van der Waals surface area contributed by atoms with Gasteiger partial charge in [-0.2, -0.15) is 5.10 Å². The van der Waals surface area contributed by atoms with Crippen molar-refractivity contribution in [1.29, 1.82) is 0 Å². The standard InChI is InChI=1S/C24H26FN7O3/c1-5-19(33)31-11-15(10-16(31)12-35-4)32-24(27-2)20(23(26)34)17(29-32)8-6-14-7-9-18-22(21(14)25)30(3)13-28-18/h5,7,9,13,15-16,27H,1,10-12H2,2-4H3,(H2,26,34)/t15?,16-/m1/s1. The Morgan fingerprint density at radius 3 is 2.83 bits per heavy atom. The van der Waals surface area contributed by atoms with Gasteiger partial charge < -0.3 is 25.3 Å². The minimum absolute atomic E-state index is 0.0961. The van der Waals surface area contributed by atoms with E-state index in [1.54, 1.807) is 41.4 Å². The molecule has 10 nitrogen and oxygen atoms in total. The van der Waals surface area contributed by atoms with Crippen LogP contribution in [0.2, 0.25) is 0 Å². The first-order valence-corrected chi connectivity index (χ1v) is 10.9. The number of hydrogen-bond donors (Lipinski definition) is 2. The Labute approximate surface area is 201 Å². The number of methoxy groups -OCH3 is 1. The number of amides is 2. The molecule has 0 spiro atoms. The van der Waals surface area contributed by atoms with Gasteiger partial charge >= 0.3 is 0 Å². The van der Waals surface area contributed by atoms with Gasteiger partial charge in [0.05, 0.1) is 36.1 Å². The maximum absolute atomic E-state index is 15.0. The number of anilines is 1. The van der Waals surface area contributed by atoms with Crippen LogP contribution in [0.5, 0.6) is 0 Å². The fourth-order valence-corrected chi connectivity index (χ4v) is 4.49. The molecule has 3 heterocycles. The van der Waals surface area contributed by atoms with Crippen LogP contribution in [-0.2, 0) is 16.6 Å². The average Bonchev–Trinajstić information content (AvgIpc) is 3.53. The zero-order valence-corrected chi connectivity index (χ0v) is 19.7. The van der Waals surface area contributed by atoms with Crippen molar-refractivity contribution < 1.29 is 18.7 Å². The number of halogens is 1.